The number of H-pyrrole nitrogens is 1. The number of aliphatic hydroxyl groups is 1. The van der Waals surface area contributed by atoms with Gasteiger partial charge in [0.2, 0.25) is 0 Å². The van der Waals surface area contributed by atoms with Crippen LogP contribution in [-0.2, 0) is 0 Å². The zero-order valence-electron chi connectivity index (χ0n) is 12.0. The molecule has 1 atom stereocenters. The van der Waals surface area contributed by atoms with Gasteiger partial charge in [-0.25, -0.2) is 0 Å². The summed E-state index contributed by atoms with van der Waals surface area (Å²) in [6.07, 6.45) is 2.75. The molecule has 21 heavy (non-hydrogen) atoms. The summed E-state index contributed by atoms with van der Waals surface area (Å²) in [4.78, 5) is 3.31. The molecule has 1 aromatic heterocycles. The van der Waals surface area contributed by atoms with Crippen LogP contribution < -0.4 is 4.74 Å². The summed E-state index contributed by atoms with van der Waals surface area (Å²) in [5.74, 6) is 1.03. The highest BCUT2D eigenvalue weighted by Gasteiger charge is 2.17. The summed E-state index contributed by atoms with van der Waals surface area (Å²) < 4.78 is 5.21. The van der Waals surface area contributed by atoms with Crippen molar-refractivity contribution in [2.24, 2.45) is 0 Å². The van der Waals surface area contributed by atoms with E-state index in [9.17, 15) is 5.11 Å². The summed E-state index contributed by atoms with van der Waals surface area (Å²) in [5.41, 5.74) is 3.54. The number of benzene rings is 2. The molecule has 0 aliphatic carbocycles. The molecule has 1 unspecified atom stereocenters. The van der Waals surface area contributed by atoms with Gasteiger partial charge in [0.05, 0.1) is 7.11 Å². The standard InChI is InChI=1S/C18H19NO2/c1-21-14-8-6-13(7-9-14)15(10-11-20)17-12-19-18-5-3-2-4-16(17)18/h2-9,12,15,19-20H,10-11H2,1H3. The number of aromatic amines is 1. The first kappa shape index (κ1) is 13.7. The van der Waals surface area contributed by atoms with Crippen molar-refractivity contribution in [1.82, 2.24) is 4.98 Å². The van der Waals surface area contributed by atoms with Crippen molar-refractivity contribution < 1.29 is 9.84 Å². The molecule has 0 saturated heterocycles. The highest BCUT2D eigenvalue weighted by atomic mass is 16.5. The summed E-state index contributed by atoms with van der Waals surface area (Å²) in [6, 6.07) is 16.3. The van der Waals surface area contributed by atoms with Crippen molar-refractivity contribution in [3.05, 3.63) is 65.9 Å². The number of fused-ring (bicyclic) bond motifs is 1. The van der Waals surface area contributed by atoms with E-state index in [1.165, 1.54) is 16.5 Å². The first-order chi connectivity index (χ1) is 10.3. The molecular formula is C18H19NO2. The van der Waals surface area contributed by atoms with Crippen LogP contribution >= 0.6 is 0 Å². The Bertz CT molecular complexity index is 715. The maximum atomic E-state index is 9.43. The maximum absolute atomic E-state index is 9.43. The minimum absolute atomic E-state index is 0.163. The lowest BCUT2D eigenvalue weighted by atomic mass is 9.88. The van der Waals surface area contributed by atoms with Crippen molar-refractivity contribution in [2.45, 2.75) is 12.3 Å². The number of nitrogens with one attached hydrogen (secondary N) is 1. The van der Waals surface area contributed by atoms with E-state index >= 15 is 0 Å². The molecule has 0 radical (unpaired) electrons. The van der Waals surface area contributed by atoms with Crippen LogP contribution in [0.25, 0.3) is 10.9 Å². The predicted molar refractivity (Wildman–Crippen MR) is 84.8 cm³/mol. The molecular weight excluding hydrogens is 262 g/mol. The third-order valence-corrected chi connectivity index (χ3v) is 3.93. The molecule has 3 aromatic rings. The maximum Gasteiger partial charge on any atom is 0.118 e. The number of aliphatic hydroxyl groups excluding tert-OH is 1. The van der Waals surface area contributed by atoms with E-state index in [4.69, 9.17) is 4.74 Å². The van der Waals surface area contributed by atoms with Gasteiger partial charge in [-0.1, -0.05) is 30.3 Å². The summed E-state index contributed by atoms with van der Waals surface area (Å²) in [7, 11) is 1.67. The van der Waals surface area contributed by atoms with Crippen LogP contribution in [-0.4, -0.2) is 23.8 Å². The summed E-state index contributed by atoms with van der Waals surface area (Å²) in [5, 5.41) is 10.6. The smallest absolute Gasteiger partial charge is 0.118 e. The van der Waals surface area contributed by atoms with Crippen LogP contribution in [0.4, 0.5) is 0 Å². The van der Waals surface area contributed by atoms with Gasteiger partial charge in [0.1, 0.15) is 5.75 Å². The lowest BCUT2D eigenvalue weighted by Crippen LogP contribution is -2.03. The van der Waals surface area contributed by atoms with E-state index in [1.54, 1.807) is 7.11 Å². The first-order valence-corrected chi connectivity index (χ1v) is 7.14. The van der Waals surface area contributed by atoms with Crippen LogP contribution in [0.2, 0.25) is 0 Å². The fourth-order valence-corrected chi connectivity index (χ4v) is 2.85. The lowest BCUT2D eigenvalue weighted by Gasteiger charge is -2.16. The third kappa shape index (κ3) is 2.65. The Morgan fingerprint density at radius 3 is 2.57 bits per heavy atom. The van der Waals surface area contributed by atoms with E-state index in [0.717, 1.165) is 11.3 Å². The zero-order valence-corrected chi connectivity index (χ0v) is 12.0. The van der Waals surface area contributed by atoms with Crippen LogP contribution in [0.1, 0.15) is 23.5 Å². The molecule has 2 aromatic carbocycles. The molecule has 2 N–H and O–H groups in total. The molecule has 0 saturated carbocycles. The molecule has 3 rings (SSSR count). The minimum atomic E-state index is 0.163. The van der Waals surface area contributed by atoms with Crippen molar-refractivity contribution in [3.8, 4) is 5.75 Å². The Balaban J connectivity index is 2.04. The summed E-state index contributed by atoms with van der Waals surface area (Å²) >= 11 is 0. The van der Waals surface area contributed by atoms with Crippen molar-refractivity contribution in [1.29, 1.82) is 0 Å². The monoisotopic (exact) mass is 281 g/mol. The fourth-order valence-electron chi connectivity index (χ4n) is 2.85. The molecule has 1 heterocycles. The topological polar surface area (TPSA) is 45.2 Å². The quantitative estimate of drug-likeness (QED) is 0.749. The second-order valence-electron chi connectivity index (χ2n) is 5.13. The number of hydrogen-bond donors (Lipinski definition) is 2. The number of hydrogen-bond acceptors (Lipinski definition) is 2. The van der Waals surface area contributed by atoms with Gasteiger partial charge in [0.25, 0.3) is 0 Å². The van der Waals surface area contributed by atoms with E-state index in [0.29, 0.717) is 6.42 Å². The number of ether oxygens (including phenoxy) is 1. The molecule has 0 amide bonds. The summed E-state index contributed by atoms with van der Waals surface area (Å²) in [6.45, 7) is 0.163. The van der Waals surface area contributed by atoms with Crippen LogP contribution in [0, 0.1) is 0 Å². The highest BCUT2D eigenvalue weighted by Crippen LogP contribution is 2.33. The van der Waals surface area contributed by atoms with Gasteiger partial charge in [-0.2, -0.15) is 0 Å². The largest absolute Gasteiger partial charge is 0.497 e. The van der Waals surface area contributed by atoms with Crippen molar-refractivity contribution >= 4 is 10.9 Å². The molecule has 108 valence electrons. The average Bonchev–Trinajstić information content (AvgIpc) is 2.97. The third-order valence-electron chi connectivity index (χ3n) is 3.93. The molecule has 0 spiro atoms. The number of para-hydroxylation sites is 1. The van der Waals surface area contributed by atoms with Crippen LogP contribution in [0.5, 0.6) is 5.75 Å². The predicted octanol–water partition coefficient (Wildman–Crippen LogP) is 3.69. The van der Waals surface area contributed by atoms with Crippen molar-refractivity contribution in [2.75, 3.05) is 13.7 Å². The molecule has 3 nitrogen and oxygen atoms in total. The Labute approximate surface area is 124 Å². The number of rotatable bonds is 5. The van der Waals surface area contributed by atoms with E-state index < -0.39 is 0 Å². The number of aromatic nitrogens is 1. The molecule has 0 aliphatic rings. The SMILES string of the molecule is COc1ccc(C(CCO)c2c[nH]c3ccccc23)cc1. The average molecular weight is 281 g/mol. The van der Waals surface area contributed by atoms with Crippen LogP contribution in [0.15, 0.2) is 54.7 Å². The molecule has 0 fully saturated rings. The minimum Gasteiger partial charge on any atom is -0.497 e. The second kappa shape index (κ2) is 6.02. The van der Waals surface area contributed by atoms with E-state index in [1.807, 2.05) is 24.3 Å². The van der Waals surface area contributed by atoms with Gasteiger partial charge < -0.3 is 14.8 Å². The van der Waals surface area contributed by atoms with Gasteiger partial charge in [0.15, 0.2) is 0 Å². The van der Waals surface area contributed by atoms with Crippen molar-refractivity contribution in [3.63, 3.8) is 0 Å². The zero-order chi connectivity index (χ0) is 14.7. The lowest BCUT2D eigenvalue weighted by molar-refractivity contribution is 0.282. The van der Waals surface area contributed by atoms with Gasteiger partial charge in [-0.15, -0.1) is 0 Å². The first-order valence-electron chi connectivity index (χ1n) is 7.14. The van der Waals surface area contributed by atoms with E-state index in [2.05, 4.69) is 35.4 Å². The van der Waals surface area contributed by atoms with Gasteiger partial charge in [-0.3, -0.25) is 0 Å². The fraction of sp³-hybridized carbons (Fsp3) is 0.222. The van der Waals surface area contributed by atoms with Gasteiger partial charge in [0, 0.05) is 29.6 Å². The molecule has 0 bridgehead atoms. The van der Waals surface area contributed by atoms with Crippen LogP contribution in [0.3, 0.4) is 0 Å². The van der Waals surface area contributed by atoms with Gasteiger partial charge in [-0.05, 0) is 35.7 Å². The second-order valence-corrected chi connectivity index (χ2v) is 5.13. The van der Waals surface area contributed by atoms with E-state index in [-0.39, 0.29) is 12.5 Å². The normalized spacial score (nSPS) is 12.5. The Morgan fingerprint density at radius 1 is 1.10 bits per heavy atom. The molecule has 3 heteroatoms. The van der Waals surface area contributed by atoms with Gasteiger partial charge >= 0.3 is 0 Å². The Morgan fingerprint density at radius 2 is 1.86 bits per heavy atom. The Hall–Kier alpha value is -2.26. The Kier molecular flexibility index (Phi) is 3.93. The molecule has 0 aliphatic heterocycles. The number of methoxy groups -OCH3 is 1. The highest BCUT2D eigenvalue weighted by molar-refractivity contribution is 5.84.